The lowest BCUT2D eigenvalue weighted by atomic mass is 9.92. The van der Waals surface area contributed by atoms with Gasteiger partial charge in [0.1, 0.15) is 12.1 Å². The summed E-state index contributed by atoms with van der Waals surface area (Å²) in [4.78, 5) is 0. The van der Waals surface area contributed by atoms with E-state index >= 15 is 0 Å². The summed E-state index contributed by atoms with van der Waals surface area (Å²) < 4.78 is 0. The van der Waals surface area contributed by atoms with E-state index in [-0.39, 0.29) is 13.2 Å². The highest BCUT2D eigenvalue weighted by molar-refractivity contribution is 5.54. The highest BCUT2D eigenvalue weighted by atomic mass is 16.3. The molecule has 0 saturated heterocycles. The summed E-state index contributed by atoms with van der Waals surface area (Å²) in [5.41, 5.74) is 2.99. The van der Waals surface area contributed by atoms with Crippen LogP contribution in [0, 0.1) is 22.7 Å². The molecule has 0 aliphatic heterocycles. The van der Waals surface area contributed by atoms with E-state index in [1.165, 1.54) is 0 Å². The smallest absolute Gasteiger partial charge is 0.101 e. The van der Waals surface area contributed by atoms with E-state index in [1.54, 1.807) is 0 Å². The van der Waals surface area contributed by atoms with Crippen molar-refractivity contribution in [3.8, 4) is 12.1 Å². The number of unbranched alkanes of at least 4 members (excludes halogenated alkanes) is 6. The maximum absolute atomic E-state index is 9.48. The normalized spacial score (nSPS) is 10.3. The van der Waals surface area contributed by atoms with Crippen molar-refractivity contribution in [1.82, 2.24) is 0 Å². The second kappa shape index (κ2) is 12.5. The van der Waals surface area contributed by atoms with Crippen LogP contribution in [-0.2, 0) is 12.8 Å². The number of hydrogen-bond acceptors (Lipinski definition) is 4. The van der Waals surface area contributed by atoms with Crippen molar-refractivity contribution < 1.29 is 10.2 Å². The van der Waals surface area contributed by atoms with E-state index in [0.717, 1.165) is 75.3 Å². The predicted molar refractivity (Wildman–Crippen MR) is 94.4 cm³/mol. The van der Waals surface area contributed by atoms with Crippen molar-refractivity contribution in [2.45, 2.75) is 64.2 Å². The van der Waals surface area contributed by atoms with E-state index in [9.17, 15) is 10.5 Å². The third kappa shape index (κ3) is 6.71. The number of aliphatic hydroxyl groups is 2. The Bertz CT molecular complexity index is 519. The van der Waals surface area contributed by atoms with E-state index in [2.05, 4.69) is 12.1 Å². The fourth-order valence-corrected chi connectivity index (χ4v) is 2.92. The molecule has 0 aliphatic carbocycles. The molecule has 0 heterocycles. The standard InChI is InChI=1S/C20H28N2O2/c21-15-19-17(9-5-1-3-7-13-23)11-12-18(20(19)16-22)10-6-2-4-8-14-24/h11-12,23-24H,1-10,13-14H2. The van der Waals surface area contributed by atoms with Crippen molar-refractivity contribution >= 4 is 0 Å². The van der Waals surface area contributed by atoms with E-state index in [0.29, 0.717) is 11.1 Å². The largest absolute Gasteiger partial charge is 0.396 e. The third-order valence-electron chi connectivity index (χ3n) is 4.31. The Morgan fingerprint density at radius 3 is 1.33 bits per heavy atom. The number of aliphatic hydroxyl groups excluding tert-OH is 2. The number of aryl methyl sites for hydroxylation is 2. The lowest BCUT2D eigenvalue weighted by Gasteiger charge is -2.10. The Kier molecular flexibility index (Phi) is 10.5. The van der Waals surface area contributed by atoms with Gasteiger partial charge in [0.25, 0.3) is 0 Å². The maximum atomic E-state index is 9.48. The molecule has 0 amide bonds. The first kappa shape index (κ1) is 20.2. The van der Waals surface area contributed by atoms with Gasteiger partial charge in [0.2, 0.25) is 0 Å². The SMILES string of the molecule is N#Cc1c(CCCCCCO)ccc(CCCCCCO)c1C#N. The lowest BCUT2D eigenvalue weighted by molar-refractivity contribution is 0.282. The summed E-state index contributed by atoms with van der Waals surface area (Å²) in [6.45, 7) is 0.462. The minimum Gasteiger partial charge on any atom is -0.396 e. The van der Waals surface area contributed by atoms with Gasteiger partial charge in [0.15, 0.2) is 0 Å². The lowest BCUT2D eigenvalue weighted by Crippen LogP contribution is -2.00. The van der Waals surface area contributed by atoms with Crippen molar-refractivity contribution in [3.63, 3.8) is 0 Å². The molecule has 0 fully saturated rings. The average Bonchev–Trinajstić information content (AvgIpc) is 2.61. The number of benzene rings is 1. The number of nitrogens with zero attached hydrogens (tertiary/aromatic N) is 2. The fourth-order valence-electron chi connectivity index (χ4n) is 2.92. The Morgan fingerprint density at radius 2 is 1.00 bits per heavy atom. The summed E-state index contributed by atoms with van der Waals surface area (Å²) in [6.07, 6.45) is 9.25. The molecule has 24 heavy (non-hydrogen) atoms. The van der Waals surface area contributed by atoms with Crippen LogP contribution in [0.3, 0.4) is 0 Å². The molecule has 1 aromatic rings. The summed E-state index contributed by atoms with van der Waals surface area (Å²) in [6, 6.07) is 8.43. The Labute approximate surface area is 145 Å². The first-order valence-corrected chi connectivity index (χ1v) is 8.95. The zero-order valence-electron chi connectivity index (χ0n) is 14.4. The van der Waals surface area contributed by atoms with Crippen molar-refractivity contribution in [2.75, 3.05) is 13.2 Å². The van der Waals surface area contributed by atoms with Crippen molar-refractivity contribution in [3.05, 3.63) is 34.4 Å². The molecule has 0 spiro atoms. The van der Waals surface area contributed by atoms with Crippen LogP contribution in [0.5, 0.6) is 0 Å². The van der Waals surface area contributed by atoms with Gasteiger partial charge in [-0.05, 0) is 49.7 Å². The van der Waals surface area contributed by atoms with Gasteiger partial charge in [-0.15, -0.1) is 0 Å². The minimum atomic E-state index is 0.231. The molecule has 2 N–H and O–H groups in total. The molecular weight excluding hydrogens is 300 g/mol. The summed E-state index contributed by atoms with van der Waals surface area (Å²) in [7, 11) is 0. The fraction of sp³-hybridized carbons (Fsp3) is 0.600. The molecule has 130 valence electrons. The molecule has 0 radical (unpaired) electrons. The van der Waals surface area contributed by atoms with Crippen LogP contribution in [0.25, 0.3) is 0 Å². The van der Waals surface area contributed by atoms with Gasteiger partial charge in [-0.1, -0.05) is 37.8 Å². The predicted octanol–water partition coefficient (Wildman–Crippen LogP) is 3.62. The van der Waals surface area contributed by atoms with Gasteiger partial charge in [0.05, 0.1) is 11.1 Å². The maximum Gasteiger partial charge on any atom is 0.101 e. The third-order valence-corrected chi connectivity index (χ3v) is 4.31. The Hall–Kier alpha value is -1.88. The van der Waals surface area contributed by atoms with Gasteiger partial charge >= 0.3 is 0 Å². The number of nitriles is 2. The quantitative estimate of drug-likeness (QED) is 0.574. The van der Waals surface area contributed by atoms with E-state index in [1.807, 2.05) is 12.1 Å². The molecule has 0 saturated carbocycles. The zero-order chi connectivity index (χ0) is 17.6. The second-order valence-electron chi connectivity index (χ2n) is 6.13. The molecule has 4 nitrogen and oxygen atoms in total. The van der Waals surface area contributed by atoms with Gasteiger partial charge in [0, 0.05) is 13.2 Å². The van der Waals surface area contributed by atoms with Gasteiger partial charge in [-0.2, -0.15) is 10.5 Å². The molecule has 0 aromatic heterocycles. The minimum absolute atomic E-state index is 0.231. The summed E-state index contributed by atoms with van der Waals surface area (Å²) in [5, 5.41) is 36.5. The van der Waals surface area contributed by atoms with Crippen LogP contribution in [0.1, 0.15) is 73.6 Å². The number of hydrogen-bond donors (Lipinski definition) is 2. The summed E-state index contributed by atoms with van der Waals surface area (Å²) in [5.74, 6) is 0. The summed E-state index contributed by atoms with van der Waals surface area (Å²) >= 11 is 0. The average molecular weight is 328 g/mol. The molecule has 1 rings (SSSR count). The van der Waals surface area contributed by atoms with Crippen LogP contribution in [0.4, 0.5) is 0 Å². The van der Waals surface area contributed by atoms with Crippen LogP contribution in [-0.4, -0.2) is 23.4 Å². The van der Waals surface area contributed by atoms with Gasteiger partial charge < -0.3 is 10.2 Å². The van der Waals surface area contributed by atoms with Crippen LogP contribution in [0.15, 0.2) is 12.1 Å². The number of rotatable bonds is 12. The highest BCUT2D eigenvalue weighted by Crippen LogP contribution is 2.22. The monoisotopic (exact) mass is 328 g/mol. The van der Waals surface area contributed by atoms with Crippen molar-refractivity contribution in [1.29, 1.82) is 10.5 Å². The molecule has 0 unspecified atom stereocenters. The highest BCUT2D eigenvalue weighted by Gasteiger charge is 2.12. The van der Waals surface area contributed by atoms with Crippen LogP contribution >= 0.6 is 0 Å². The topological polar surface area (TPSA) is 88.0 Å². The van der Waals surface area contributed by atoms with E-state index in [4.69, 9.17) is 10.2 Å². The zero-order valence-corrected chi connectivity index (χ0v) is 14.4. The van der Waals surface area contributed by atoms with Crippen LogP contribution < -0.4 is 0 Å². The molecule has 1 aromatic carbocycles. The first-order chi connectivity index (χ1) is 11.8. The second-order valence-corrected chi connectivity index (χ2v) is 6.13. The van der Waals surface area contributed by atoms with E-state index < -0.39 is 0 Å². The molecule has 0 atom stereocenters. The molecule has 4 heteroatoms. The van der Waals surface area contributed by atoms with Gasteiger partial charge in [-0.3, -0.25) is 0 Å². The molecule has 0 aliphatic rings. The van der Waals surface area contributed by atoms with Crippen LogP contribution in [0.2, 0.25) is 0 Å². The molecule has 0 bridgehead atoms. The Balaban J connectivity index is 2.69. The Morgan fingerprint density at radius 1 is 0.625 bits per heavy atom. The van der Waals surface area contributed by atoms with Gasteiger partial charge in [-0.25, -0.2) is 0 Å². The first-order valence-electron chi connectivity index (χ1n) is 8.95. The van der Waals surface area contributed by atoms with Crippen molar-refractivity contribution in [2.24, 2.45) is 0 Å². The molecular formula is C20H28N2O2.